The average molecular weight is 402 g/mol. The van der Waals surface area contributed by atoms with E-state index in [0.717, 1.165) is 28.7 Å². The standard InChI is InChI=1S/C19H20BrN3O2/c1-12(18(24)23-17-4-2-3-14(20)11-17)21-15-7-5-13(6-8-15)19(25)22-16-9-10-16/h2-8,11-12,16,21H,9-10H2,1H3,(H,22,25)(H,23,24). The quantitative estimate of drug-likeness (QED) is 0.689. The Balaban J connectivity index is 1.55. The Labute approximate surface area is 155 Å². The van der Waals surface area contributed by atoms with E-state index < -0.39 is 6.04 Å². The van der Waals surface area contributed by atoms with Crippen LogP contribution in [0.4, 0.5) is 11.4 Å². The van der Waals surface area contributed by atoms with Crippen LogP contribution in [0.3, 0.4) is 0 Å². The van der Waals surface area contributed by atoms with Crippen LogP contribution in [0.5, 0.6) is 0 Å². The molecule has 0 aromatic heterocycles. The van der Waals surface area contributed by atoms with Gasteiger partial charge in [-0.3, -0.25) is 9.59 Å². The largest absolute Gasteiger partial charge is 0.374 e. The molecule has 2 amide bonds. The molecule has 0 aliphatic heterocycles. The van der Waals surface area contributed by atoms with Crippen LogP contribution < -0.4 is 16.0 Å². The number of anilines is 2. The maximum absolute atomic E-state index is 12.3. The molecule has 0 saturated heterocycles. The van der Waals surface area contributed by atoms with E-state index in [2.05, 4.69) is 31.9 Å². The zero-order chi connectivity index (χ0) is 17.8. The van der Waals surface area contributed by atoms with Gasteiger partial charge in [-0.05, 0) is 62.2 Å². The van der Waals surface area contributed by atoms with Crippen molar-refractivity contribution in [3.05, 3.63) is 58.6 Å². The minimum absolute atomic E-state index is 0.0468. The van der Waals surface area contributed by atoms with Gasteiger partial charge in [-0.25, -0.2) is 0 Å². The molecule has 0 radical (unpaired) electrons. The third-order valence-electron chi connectivity index (χ3n) is 3.93. The van der Waals surface area contributed by atoms with Crippen LogP contribution >= 0.6 is 15.9 Å². The highest BCUT2D eigenvalue weighted by atomic mass is 79.9. The number of halogens is 1. The van der Waals surface area contributed by atoms with Gasteiger partial charge < -0.3 is 16.0 Å². The van der Waals surface area contributed by atoms with Gasteiger partial charge in [-0.15, -0.1) is 0 Å². The van der Waals surface area contributed by atoms with Crippen LogP contribution in [0.15, 0.2) is 53.0 Å². The zero-order valence-corrected chi connectivity index (χ0v) is 15.5. The molecule has 0 spiro atoms. The van der Waals surface area contributed by atoms with Gasteiger partial charge >= 0.3 is 0 Å². The number of hydrogen-bond donors (Lipinski definition) is 3. The molecule has 1 saturated carbocycles. The summed E-state index contributed by atoms with van der Waals surface area (Å²) in [6, 6.07) is 14.5. The number of amides is 2. The average Bonchev–Trinajstić information content (AvgIpc) is 3.39. The molecule has 1 atom stereocenters. The normalized spacial score (nSPS) is 14.5. The molecule has 1 unspecified atom stereocenters. The number of benzene rings is 2. The first-order chi connectivity index (χ1) is 12.0. The van der Waals surface area contributed by atoms with E-state index in [1.807, 2.05) is 36.4 Å². The van der Waals surface area contributed by atoms with Crippen molar-refractivity contribution in [3.8, 4) is 0 Å². The number of nitrogens with one attached hydrogen (secondary N) is 3. The second-order valence-corrected chi connectivity index (χ2v) is 7.11. The monoisotopic (exact) mass is 401 g/mol. The SMILES string of the molecule is CC(Nc1ccc(C(=O)NC2CC2)cc1)C(=O)Nc1cccc(Br)c1. The van der Waals surface area contributed by atoms with Gasteiger partial charge in [0.15, 0.2) is 0 Å². The summed E-state index contributed by atoms with van der Waals surface area (Å²) < 4.78 is 0.908. The molecule has 6 heteroatoms. The van der Waals surface area contributed by atoms with E-state index in [1.165, 1.54) is 0 Å². The summed E-state index contributed by atoms with van der Waals surface area (Å²) in [6.07, 6.45) is 2.13. The second kappa shape index (κ2) is 7.70. The molecule has 2 aromatic rings. The highest BCUT2D eigenvalue weighted by Crippen LogP contribution is 2.20. The highest BCUT2D eigenvalue weighted by Gasteiger charge is 2.23. The van der Waals surface area contributed by atoms with E-state index in [0.29, 0.717) is 11.6 Å². The maximum atomic E-state index is 12.3. The summed E-state index contributed by atoms with van der Waals surface area (Å²) in [5.41, 5.74) is 2.16. The van der Waals surface area contributed by atoms with Crippen molar-refractivity contribution < 1.29 is 9.59 Å². The van der Waals surface area contributed by atoms with Crippen molar-refractivity contribution in [2.75, 3.05) is 10.6 Å². The van der Waals surface area contributed by atoms with Crippen LogP contribution in [-0.2, 0) is 4.79 Å². The van der Waals surface area contributed by atoms with E-state index in [9.17, 15) is 9.59 Å². The van der Waals surface area contributed by atoms with Crippen molar-refractivity contribution in [2.45, 2.75) is 31.8 Å². The number of hydrogen-bond acceptors (Lipinski definition) is 3. The molecule has 2 aromatic carbocycles. The van der Waals surface area contributed by atoms with Crippen LogP contribution in [0, 0.1) is 0 Å². The molecule has 0 bridgehead atoms. The Hall–Kier alpha value is -2.34. The molecule has 3 N–H and O–H groups in total. The first-order valence-corrected chi connectivity index (χ1v) is 9.04. The molecule has 1 fully saturated rings. The number of carbonyl (C=O) groups excluding carboxylic acids is 2. The van der Waals surface area contributed by atoms with Crippen molar-refractivity contribution in [1.82, 2.24) is 5.32 Å². The van der Waals surface area contributed by atoms with Crippen LogP contribution in [0.1, 0.15) is 30.1 Å². The summed E-state index contributed by atoms with van der Waals surface area (Å²) in [6.45, 7) is 1.79. The van der Waals surface area contributed by atoms with E-state index >= 15 is 0 Å². The van der Waals surface area contributed by atoms with Gasteiger partial charge in [0.05, 0.1) is 0 Å². The molecule has 25 heavy (non-hydrogen) atoms. The molecular weight excluding hydrogens is 382 g/mol. The van der Waals surface area contributed by atoms with Gasteiger partial charge in [0.1, 0.15) is 6.04 Å². The minimum atomic E-state index is -0.412. The predicted molar refractivity (Wildman–Crippen MR) is 103 cm³/mol. The molecule has 130 valence electrons. The molecule has 1 aliphatic rings. The summed E-state index contributed by atoms with van der Waals surface area (Å²) >= 11 is 3.38. The van der Waals surface area contributed by atoms with Crippen LogP contribution in [0.2, 0.25) is 0 Å². The predicted octanol–water partition coefficient (Wildman–Crippen LogP) is 3.78. The molecule has 0 heterocycles. The highest BCUT2D eigenvalue weighted by molar-refractivity contribution is 9.10. The number of rotatable bonds is 6. The smallest absolute Gasteiger partial charge is 0.251 e. The Morgan fingerprint density at radius 2 is 1.80 bits per heavy atom. The lowest BCUT2D eigenvalue weighted by Gasteiger charge is -2.16. The second-order valence-electron chi connectivity index (χ2n) is 6.19. The minimum Gasteiger partial charge on any atom is -0.374 e. The lowest BCUT2D eigenvalue weighted by molar-refractivity contribution is -0.116. The molecule has 1 aliphatic carbocycles. The number of carbonyl (C=O) groups is 2. The van der Waals surface area contributed by atoms with Crippen LogP contribution in [0.25, 0.3) is 0 Å². The maximum Gasteiger partial charge on any atom is 0.251 e. The summed E-state index contributed by atoms with van der Waals surface area (Å²) in [5, 5.41) is 8.96. The molecule has 3 rings (SSSR count). The Bertz CT molecular complexity index is 772. The Morgan fingerprint density at radius 3 is 2.44 bits per heavy atom. The van der Waals surface area contributed by atoms with E-state index in [1.54, 1.807) is 19.1 Å². The van der Waals surface area contributed by atoms with E-state index in [4.69, 9.17) is 0 Å². The van der Waals surface area contributed by atoms with Gasteiger partial charge in [0, 0.05) is 27.5 Å². The third-order valence-corrected chi connectivity index (χ3v) is 4.42. The Kier molecular flexibility index (Phi) is 5.38. The fourth-order valence-corrected chi connectivity index (χ4v) is 2.75. The van der Waals surface area contributed by atoms with E-state index in [-0.39, 0.29) is 11.8 Å². The third kappa shape index (κ3) is 5.06. The molecule has 5 nitrogen and oxygen atoms in total. The van der Waals surface area contributed by atoms with Gasteiger partial charge in [-0.2, -0.15) is 0 Å². The van der Waals surface area contributed by atoms with Gasteiger partial charge in [0.25, 0.3) is 5.91 Å². The topological polar surface area (TPSA) is 70.2 Å². The summed E-state index contributed by atoms with van der Waals surface area (Å²) in [7, 11) is 0. The van der Waals surface area contributed by atoms with Crippen molar-refractivity contribution >= 4 is 39.1 Å². The van der Waals surface area contributed by atoms with Gasteiger partial charge in [0.2, 0.25) is 5.91 Å². The summed E-state index contributed by atoms with van der Waals surface area (Å²) in [5.74, 6) is -0.178. The van der Waals surface area contributed by atoms with Crippen molar-refractivity contribution in [2.24, 2.45) is 0 Å². The molecular formula is C19H20BrN3O2. The first-order valence-electron chi connectivity index (χ1n) is 8.25. The lowest BCUT2D eigenvalue weighted by atomic mass is 10.1. The van der Waals surface area contributed by atoms with Crippen molar-refractivity contribution in [3.63, 3.8) is 0 Å². The van der Waals surface area contributed by atoms with Crippen LogP contribution in [-0.4, -0.2) is 23.9 Å². The fourth-order valence-electron chi connectivity index (χ4n) is 2.35. The van der Waals surface area contributed by atoms with Crippen molar-refractivity contribution in [1.29, 1.82) is 0 Å². The Morgan fingerprint density at radius 1 is 1.08 bits per heavy atom. The summed E-state index contributed by atoms with van der Waals surface area (Å²) in [4.78, 5) is 24.2. The fraction of sp³-hybridized carbons (Fsp3) is 0.263. The first kappa shape index (κ1) is 17.5. The lowest BCUT2D eigenvalue weighted by Crippen LogP contribution is -2.31. The van der Waals surface area contributed by atoms with Gasteiger partial charge in [-0.1, -0.05) is 22.0 Å². The zero-order valence-electron chi connectivity index (χ0n) is 13.9.